The van der Waals surface area contributed by atoms with E-state index >= 15 is 0 Å². The Bertz CT molecular complexity index is 2250. The number of carbonyl (C=O) groups excluding carboxylic acids is 2. The largest absolute Gasteiger partial charge is 0.506 e. The maximum absolute atomic E-state index is 13.1. The molecule has 56 heavy (non-hydrogen) atoms. The molecular formula is C42H47N7O7. The van der Waals surface area contributed by atoms with Gasteiger partial charge in [0.05, 0.1) is 23.0 Å². The summed E-state index contributed by atoms with van der Waals surface area (Å²) in [6.45, 7) is 4.39. The number of unbranched alkanes of at least 4 members (excludes halogenated alkanes) is 1. The molecule has 0 saturated carbocycles. The Hall–Kier alpha value is -5.83. The predicted molar refractivity (Wildman–Crippen MR) is 211 cm³/mol. The fourth-order valence-corrected chi connectivity index (χ4v) is 7.39. The quantitative estimate of drug-likeness (QED) is 0.0755. The molecule has 292 valence electrons. The number of aromatic hydroxyl groups is 1. The van der Waals surface area contributed by atoms with Crippen LogP contribution in [0.3, 0.4) is 0 Å². The molecule has 2 bridgehead atoms. The Morgan fingerprint density at radius 1 is 0.982 bits per heavy atom. The molecule has 8 rings (SSSR count). The fourth-order valence-electron chi connectivity index (χ4n) is 7.39. The highest BCUT2D eigenvalue weighted by atomic mass is 16.6. The number of aryl methyl sites for hydroxylation is 1. The lowest BCUT2D eigenvalue weighted by molar-refractivity contribution is -0.0302. The van der Waals surface area contributed by atoms with Gasteiger partial charge >= 0.3 is 6.09 Å². The van der Waals surface area contributed by atoms with Crippen molar-refractivity contribution < 1.29 is 29.3 Å². The molecule has 5 N–H and O–H groups in total. The van der Waals surface area contributed by atoms with E-state index in [4.69, 9.17) is 9.47 Å². The third kappa shape index (κ3) is 9.33. The number of aromatic amines is 1. The molecule has 0 spiro atoms. The molecule has 0 radical (unpaired) electrons. The average molecular weight is 762 g/mol. The molecule has 2 aromatic heterocycles. The zero-order valence-corrected chi connectivity index (χ0v) is 31.3. The number of benzene rings is 3. The maximum Gasteiger partial charge on any atom is 0.434 e. The number of piperidine rings is 3. The molecule has 5 aromatic rings. The van der Waals surface area contributed by atoms with E-state index in [9.17, 15) is 24.6 Å². The lowest BCUT2D eigenvalue weighted by Gasteiger charge is -2.43. The number of pyridine rings is 1. The molecular weight excluding hydrogens is 715 g/mol. The van der Waals surface area contributed by atoms with E-state index in [0.717, 1.165) is 44.5 Å². The van der Waals surface area contributed by atoms with Crippen molar-refractivity contribution in [2.45, 2.75) is 44.5 Å². The second kappa shape index (κ2) is 17.8. The summed E-state index contributed by atoms with van der Waals surface area (Å²) < 4.78 is 13.6. The van der Waals surface area contributed by atoms with E-state index in [1.807, 2.05) is 54.6 Å². The van der Waals surface area contributed by atoms with Crippen molar-refractivity contribution >= 4 is 28.6 Å². The summed E-state index contributed by atoms with van der Waals surface area (Å²) >= 11 is 0. The third-order valence-electron chi connectivity index (χ3n) is 10.5. The molecule has 3 aromatic carbocycles. The zero-order valence-electron chi connectivity index (χ0n) is 31.3. The summed E-state index contributed by atoms with van der Waals surface area (Å²) in [5.74, 6) is 0.606. The minimum Gasteiger partial charge on any atom is -0.506 e. The van der Waals surface area contributed by atoms with E-state index in [1.165, 1.54) is 12.1 Å². The van der Waals surface area contributed by atoms with Crippen LogP contribution in [0, 0.1) is 5.92 Å². The number of fused-ring (bicyclic) bond motifs is 4. The van der Waals surface area contributed by atoms with E-state index < -0.39 is 12.2 Å². The van der Waals surface area contributed by atoms with Crippen molar-refractivity contribution in [1.29, 1.82) is 0 Å². The number of hydrogen-bond donors (Lipinski definition) is 5. The molecule has 0 aliphatic carbocycles. The van der Waals surface area contributed by atoms with Gasteiger partial charge in [-0.3, -0.25) is 19.2 Å². The average Bonchev–Trinajstić information content (AvgIpc) is 3.60. The zero-order chi connectivity index (χ0) is 39.0. The van der Waals surface area contributed by atoms with Crippen molar-refractivity contribution in [2.75, 3.05) is 39.3 Å². The van der Waals surface area contributed by atoms with Gasteiger partial charge in [0.1, 0.15) is 24.2 Å². The van der Waals surface area contributed by atoms with Gasteiger partial charge in [-0.15, -0.1) is 0 Å². The molecule has 14 nitrogen and oxygen atoms in total. The van der Waals surface area contributed by atoms with E-state index in [-0.39, 0.29) is 42.2 Å². The third-order valence-corrected chi connectivity index (χ3v) is 10.5. The number of phenolic OH excluding ortho intramolecular Hbond substituents is 1. The monoisotopic (exact) mass is 761 g/mol. The topological polar surface area (TPSA) is 183 Å². The van der Waals surface area contributed by atoms with Gasteiger partial charge in [0, 0.05) is 49.3 Å². The number of aromatic nitrogens is 3. The number of aliphatic hydroxyl groups is 1. The molecule has 3 aliphatic heterocycles. The summed E-state index contributed by atoms with van der Waals surface area (Å²) in [5, 5.41) is 31.9. The van der Waals surface area contributed by atoms with Gasteiger partial charge in [-0.05, 0) is 87.1 Å². The first-order chi connectivity index (χ1) is 27.2. The number of rotatable bonds is 15. The van der Waals surface area contributed by atoms with Gasteiger partial charge in [-0.1, -0.05) is 48.5 Å². The number of nitrogens with zero attached hydrogens (tertiary/aromatic N) is 4. The van der Waals surface area contributed by atoms with Crippen LogP contribution < -0.4 is 20.9 Å². The minimum absolute atomic E-state index is 0.0550. The van der Waals surface area contributed by atoms with Gasteiger partial charge < -0.3 is 35.3 Å². The molecule has 0 unspecified atom stereocenters. The predicted octanol–water partition coefficient (Wildman–Crippen LogP) is 4.45. The number of carbonyl (C=O) groups is 2. The summed E-state index contributed by atoms with van der Waals surface area (Å²) in [5.41, 5.74) is 3.54. The van der Waals surface area contributed by atoms with Crippen molar-refractivity contribution in [3.05, 3.63) is 123 Å². The smallest absolute Gasteiger partial charge is 0.434 e. The van der Waals surface area contributed by atoms with Crippen LogP contribution in [0.5, 0.6) is 11.5 Å². The molecule has 3 fully saturated rings. The Morgan fingerprint density at radius 3 is 2.55 bits per heavy atom. The molecule has 14 heteroatoms. The summed E-state index contributed by atoms with van der Waals surface area (Å²) in [7, 11) is 1.76. The van der Waals surface area contributed by atoms with Gasteiger partial charge in [-0.2, -0.15) is 10.1 Å². The van der Waals surface area contributed by atoms with E-state index in [0.29, 0.717) is 64.6 Å². The molecule has 5 heterocycles. The van der Waals surface area contributed by atoms with Crippen LogP contribution in [0.15, 0.2) is 94.7 Å². The van der Waals surface area contributed by atoms with Gasteiger partial charge in [0.2, 0.25) is 5.56 Å². The lowest BCUT2D eigenvalue weighted by Crippen LogP contribution is -2.51. The Balaban J connectivity index is 0.881. The molecule has 2 amide bonds. The number of aliphatic imine (C=N–C) groups is 1. The Morgan fingerprint density at radius 2 is 1.77 bits per heavy atom. The van der Waals surface area contributed by atoms with Crippen LogP contribution in [0.1, 0.15) is 64.7 Å². The van der Waals surface area contributed by atoms with Crippen LogP contribution in [-0.4, -0.2) is 93.0 Å². The van der Waals surface area contributed by atoms with Crippen LogP contribution >= 0.6 is 0 Å². The van der Waals surface area contributed by atoms with Crippen molar-refractivity contribution in [1.82, 2.24) is 30.3 Å². The number of hydrogen-bond acceptors (Lipinski definition) is 10. The molecule has 3 aliphatic rings. The second-order valence-corrected chi connectivity index (χ2v) is 14.3. The molecule has 2 atom stereocenters. The number of H-pyrrole nitrogens is 1. The van der Waals surface area contributed by atoms with Gasteiger partial charge in [-0.25, -0.2) is 4.79 Å². The highest BCUT2D eigenvalue weighted by molar-refractivity contribution is 6.16. The summed E-state index contributed by atoms with van der Waals surface area (Å²) in [6, 6.07) is 24.7. The number of amides is 2. The number of phenols is 1. The van der Waals surface area contributed by atoms with Crippen molar-refractivity contribution in [3.63, 3.8) is 0 Å². The standard InChI is InChI=1S/C42H47N7O7/c1-48-30(23-34(47-48)41(53)44-19-6-5-18-43-24-36(51)32-12-14-35(50)40-33(32)13-15-38(52)45-40)26-55-31-11-7-10-29(22-31)39(28-8-3-2-4-9-28)46-42(54)56-37-25-49-20-16-27(37)17-21-49/h2-4,7-15,22-23,27,36-37,43,50-51H,5-6,16-21,24-26H2,1H3,(H,44,53)(H,45,52)/t36-,37-/m0/s1. The lowest BCUT2D eigenvalue weighted by atomic mass is 9.86. The Labute approximate surface area is 324 Å². The number of ether oxygens (including phenoxy) is 2. The summed E-state index contributed by atoms with van der Waals surface area (Å²) in [4.78, 5) is 47.1. The van der Waals surface area contributed by atoms with Crippen molar-refractivity contribution in [3.8, 4) is 11.5 Å². The maximum atomic E-state index is 13.1. The second-order valence-electron chi connectivity index (χ2n) is 14.3. The number of aliphatic hydroxyl groups excluding tert-OH is 1. The minimum atomic E-state index is -0.842. The van der Waals surface area contributed by atoms with Crippen LogP contribution in [-0.2, 0) is 18.4 Å². The van der Waals surface area contributed by atoms with Crippen LogP contribution in [0.25, 0.3) is 10.9 Å². The first kappa shape index (κ1) is 38.4. The Kier molecular flexibility index (Phi) is 12.2. The van der Waals surface area contributed by atoms with Crippen LogP contribution in [0.2, 0.25) is 0 Å². The number of nitrogens with one attached hydrogen (secondary N) is 3. The van der Waals surface area contributed by atoms with E-state index in [2.05, 4.69) is 30.6 Å². The van der Waals surface area contributed by atoms with Gasteiger partial charge in [0.25, 0.3) is 5.91 Å². The van der Waals surface area contributed by atoms with E-state index in [1.54, 1.807) is 29.9 Å². The SMILES string of the molecule is Cn1nc(C(=O)NCCCCNC[C@H](O)c2ccc(O)c3[nH]c(=O)ccc23)cc1COc1cccc(C(=NC(=O)O[C@H]2CN3CCC2CC3)c2ccccc2)c1. The normalized spacial score (nSPS) is 18.5. The van der Waals surface area contributed by atoms with Crippen LogP contribution in [0.4, 0.5) is 4.79 Å². The van der Waals surface area contributed by atoms with Gasteiger partial charge in [0.15, 0.2) is 5.69 Å². The highest BCUT2D eigenvalue weighted by Crippen LogP contribution is 2.31. The van der Waals surface area contributed by atoms with Crippen molar-refractivity contribution in [2.24, 2.45) is 18.0 Å². The fraction of sp³-hybridized carbons (Fsp3) is 0.357. The first-order valence-corrected chi connectivity index (χ1v) is 19.1. The summed E-state index contributed by atoms with van der Waals surface area (Å²) in [6.07, 6.45) is 1.97. The molecule has 3 saturated heterocycles. The first-order valence-electron chi connectivity index (χ1n) is 19.1. The highest BCUT2D eigenvalue weighted by Gasteiger charge is 2.36.